The molecule has 0 spiro atoms. The van der Waals surface area contributed by atoms with Gasteiger partial charge in [0, 0.05) is 19.9 Å². The fourth-order valence-electron chi connectivity index (χ4n) is 2.98. The summed E-state index contributed by atoms with van der Waals surface area (Å²) in [7, 11) is 1.80. The van der Waals surface area contributed by atoms with Crippen LogP contribution in [0.1, 0.15) is 36.9 Å². The first kappa shape index (κ1) is 17.5. The Balaban J connectivity index is 1.57. The van der Waals surface area contributed by atoms with Crippen molar-refractivity contribution >= 4 is 11.7 Å². The summed E-state index contributed by atoms with van der Waals surface area (Å²) < 4.78 is 7.45. The molecule has 1 aromatic heterocycles. The van der Waals surface area contributed by atoms with Gasteiger partial charge >= 0.3 is 6.03 Å². The number of rotatable bonds is 5. The van der Waals surface area contributed by atoms with E-state index in [0.29, 0.717) is 5.69 Å². The van der Waals surface area contributed by atoms with Crippen molar-refractivity contribution in [3.63, 3.8) is 0 Å². The molecule has 134 valence electrons. The molecule has 1 N–H and O–H groups in total. The molecule has 2 atom stereocenters. The van der Waals surface area contributed by atoms with Crippen LogP contribution < -0.4 is 5.32 Å². The first-order chi connectivity index (χ1) is 12.0. The highest BCUT2D eigenvalue weighted by atomic mass is 16.5. The summed E-state index contributed by atoms with van der Waals surface area (Å²) in [4.78, 5) is 14.2. The van der Waals surface area contributed by atoms with Gasteiger partial charge in [0.05, 0.1) is 30.6 Å². The average molecular weight is 342 g/mol. The third kappa shape index (κ3) is 4.39. The fraction of sp³-hybridized carbons (Fsp3) is 0.474. The van der Waals surface area contributed by atoms with Crippen molar-refractivity contribution in [2.75, 3.05) is 19.0 Å². The lowest BCUT2D eigenvalue weighted by Gasteiger charge is -2.25. The summed E-state index contributed by atoms with van der Waals surface area (Å²) in [5.74, 6) is 0. The molecule has 0 radical (unpaired) electrons. The summed E-state index contributed by atoms with van der Waals surface area (Å²) in [5, 5.41) is 7.22. The van der Waals surface area contributed by atoms with E-state index in [1.807, 2.05) is 17.8 Å². The largest absolute Gasteiger partial charge is 0.376 e. The Morgan fingerprint density at radius 1 is 1.44 bits per heavy atom. The number of aryl methyl sites for hydroxylation is 1. The molecule has 0 aliphatic carbocycles. The highest BCUT2D eigenvalue weighted by Crippen LogP contribution is 2.20. The van der Waals surface area contributed by atoms with Gasteiger partial charge in [0.1, 0.15) is 0 Å². The molecule has 0 bridgehead atoms. The number of aromatic nitrogens is 2. The first-order valence-corrected chi connectivity index (χ1v) is 8.77. The lowest BCUT2D eigenvalue weighted by Crippen LogP contribution is -2.33. The second-order valence-corrected chi connectivity index (χ2v) is 6.71. The average Bonchev–Trinajstić information content (AvgIpc) is 3.27. The topological polar surface area (TPSA) is 59.4 Å². The van der Waals surface area contributed by atoms with Crippen LogP contribution in [0.3, 0.4) is 0 Å². The van der Waals surface area contributed by atoms with Crippen LogP contribution in [-0.2, 0) is 11.3 Å². The monoisotopic (exact) mass is 342 g/mol. The Bertz CT molecular complexity index is 704. The van der Waals surface area contributed by atoms with Crippen LogP contribution in [0.2, 0.25) is 0 Å². The minimum Gasteiger partial charge on any atom is -0.376 e. The Morgan fingerprint density at radius 2 is 2.20 bits per heavy atom. The highest BCUT2D eigenvalue weighted by Gasteiger charge is 2.19. The number of anilines is 1. The van der Waals surface area contributed by atoms with Crippen molar-refractivity contribution in [2.45, 2.75) is 45.4 Å². The molecule has 1 aliphatic rings. The van der Waals surface area contributed by atoms with Crippen LogP contribution in [0, 0.1) is 6.92 Å². The normalized spacial score (nSPS) is 18.1. The molecule has 6 heteroatoms. The van der Waals surface area contributed by atoms with Gasteiger partial charge in [-0.15, -0.1) is 0 Å². The number of urea groups is 1. The van der Waals surface area contributed by atoms with Crippen molar-refractivity contribution in [3.05, 3.63) is 47.8 Å². The maximum atomic E-state index is 12.5. The third-order valence-corrected chi connectivity index (χ3v) is 4.76. The van der Waals surface area contributed by atoms with Crippen molar-refractivity contribution in [2.24, 2.45) is 0 Å². The van der Waals surface area contributed by atoms with Gasteiger partial charge in [-0.05, 0) is 32.3 Å². The maximum absolute atomic E-state index is 12.5. The van der Waals surface area contributed by atoms with E-state index in [-0.39, 0.29) is 18.2 Å². The van der Waals surface area contributed by atoms with Crippen LogP contribution in [-0.4, -0.2) is 40.5 Å². The van der Waals surface area contributed by atoms with Crippen molar-refractivity contribution in [1.82, 2.24) is 14.7 Å². The number of hydrogen-bond donors (Lipinski definition) is 1. The van der Waals surface area contributed by atoms with Gasteiger partial charge in [-0.2, -0.15) is 5.10 Å². The third-order valence-electron chi connectivity index (χ3n) is 4.76. The number of benzene rings is 1. The number of nitrogens with one attached hydrogen (secondary N) is 1. The fourth-order valence-corrected chi connectivity index (χ4v) is 2.98. The zero-order valence-corrected chi connectivity index (χ0v) is 15.1. The van der Waals surface area contributed by atoms with Gasteiger partial charge in [-0.25, -0.2) is 4.79 Å². The second kappa shape index (κ2) is 7.70. The molecule has 2 aromatic rings. The molecule has 25 heavy (non-hydrogen) atoms. The van der Waals surface area contributed by atoms with E-state index in [1.54, 1.807) is 18.1 Å². The molecule has 1 aromatic carbocycles. The Kier molecular flexibility index (Phi) is 5.38. The van der Waals surface area contributed by atoms with E-state index >= 15 is 0 Å². The number of carbonyl (C=O) groups excluding carboxylic acids is 1. The predicted octanol–water partition coefficient (Wildman–Crippen LogP) is 3.60. The number of nitrogens with zero attached hydrogens (tertiary/aromatic N) is 3. The number of ether oxygens (including phenoxy) is 1. The second-order valence-electron chi connectivity index (χ2n) is 6.71. The van der Waals surface area contributed by atoms with Crippen LogP contribution in [0.25, 0.3) is 0 Å². The Labute approximate surface area is 148 Å². The summed E-state index contributed by atoms with van der Waals surface area (Å²) >= 11 is 0. The molecule has 1 fully saturated rings. The molecule has 0 unspecified atom stereocenters. The lowest BCUT2D eigenvalue weighted by molar-refractivity contribution is 0.0940. The predicted molar refractivity (Wildman–Crippen MR) is 97.6 cm³/mol. The van der Waals surface area contributed by atoms with Crippen LogP contribution in [0.5, 0.6) is 0 Å². The molecule has 2 amide bonds. The molecule has 0 saturated carbocycles. The number of carbonyl (C=O) groups is 1. The van der Waals surface area contributed by atoms with Gasteiger partial charge in [-0.1, -0.05) is 29.8 Å². The van der Waals surface area contributed by atoms with E-state index < -0.39 is 0 Å². The van der Waals surface area contributed by atoms with Gasteiger partial charge in [0.2, 0.25) is 0 Å². The molecule has 1 saturated heterocycles. The lowest BCUT2D eigenvalue weighted by atomic mass is 10.1. The van der Waals surface area contributed by atoms with Gasteiger partial charge in [-0.3, -0.25) is 4.68 Å². The minimum absolute atomic E-state index is 0.0115. The van der Waals surface area contributed by atoms with Crippen molar-refractivity contribution in [1.29, 1.82) is 0 Å². The zero-order valence-electron chi connectivity index (χ0n) is 15.1. The Hall–Kier alpha value is -2.34. The molecule has 1 aliphatic heterocycles. The summed E-state index contributed by atoms with van der Waals surface area (Å²) in [6.45, 7) is 5.63. The SMILES string of the molecule is Cc1ccc([C@H](C)N(C)C(=O)Nc2cnn(C[C@H]3CCCO3)c2)cc1. The molecular weight excluding hydrogens is 316 g/mol. The molecule has 3 rings (SSSR count). The van der Waals surface area contributed by atoms with E-state index in [9.17, 15) is 4.79 Å². The van der Waals surface area contributed by atoms with E-state index in [0.717, 1.165) is 31.6 Å². The van der Waals surface area contributed by atoms with E-state index in [2.05, 4.69) is 41.6 Å². The first-order valence-electron chi connectivity index (χ1n) is 8.77. The van der Waals surface area contributed by atoms with Crippen LogP contribution in [0.15, 0.2) is 36.7 Å². The van der Waals surface area contributed by atoms with Crippen LogP contribution >= 0.6 is 0 Å². The van der Waals surface area contributed by atoms with Gasteiger partial charge in [0.25, 0.3) is 0 Å². The van der Waals surface area contributed by atoms with E-state index in [4.69, 9.17) is 4.74 Å². The summed E-state index contributed by atoms with van der Waals surface area (Å²) in [5.41, 5.74) is 3.02. The maximum Gasteiger partial charge on any atom is 0.322 e. The van der Waals surface area contributed by atoms with Crippen molar-refractivity contribution in [3.8, 4) is 0 Å². The minimum atomic E-state index is -0.148. The quantitative estimate of drug-likeness (QED) is 0.903. The van der Waals surface area contributed by atoms with Crippen LogP contribution in [0.4, 0.5) is 10.5 Å². The molecule has 2 heterocycles. The molecular formula is C19H26N4O2. The number of hydrogen-bond acceptors (Lipinski definition) is 3. The zero-order chi connectivity index (χ0) is 17.8. The molecule has 6 nitrogen and oxygen atoms in total. The summed E-state index contributed by atoms with van der Waals surface area (Å²) in [6.07, 6.45) is 5.93. The van der Waals surface area contributed by atoms with Crippen molar-refractivity contribution < 1.29 is 9.53 Å². The standard InChI is InChI=1S/C19H26N4O2/c1-14-6-8-16(9-7-14)15(2)22(3)19(24)21-17-11-20-23(12-17)13-18-5-4-10-25-18/h6-9,11-12,15,18H,4-5,10,13H2,1-3H3,(H,21,24)/t15-,18+/m0/s1. The van der Waals surface area contributed by atoms with Gasteiger partial charge < -0.3 is 15.0 Å². The highest BCUT2D eigenvalue weighted by molar-refractivity contribution is 5.89. The van der Waals surface area contributed by atoms with E-state index in [1.165, 1.54) is 5.56 Å². The number of amides is 2. The Morgan fingerprint density at radius 3 is 2.88 bits per heavy atom. The smallest absolute Gasteiger partial charge is 0.322 e. The van der Waals surface area contributed by atoms with Gasteiger partial charge in [0.15, 0.2) is 0 Å². The summed E-state index contributed by atoms with van der Waals surface area (Å²) in [6, 6.07) is 8.08.